The molecule has 0 aliphatic carbocycles. The van der Waals surface area contributed by atoms with Gasteiger partial charge in [-0.05, 0) is 48.8 Å². The number of hydrogen-bond donors (Lipinski definition) is 2. The van der Waals surface area contributed by atoms with E-state index >= 15 is 0 Å². The third-order valence-electron chi connectivity index (χ3n) is 4.10. The molecule has 0 fully saturated rings. The van der Waals surface area contributed by atoms with Crippen LogP contribution in [-0.4, -0.2) is 22.2 Å². The van der Waals surface area contributed by atoms with Gasteiger partial charge in [0.15, 0.2) is 0 Å². The topological polar surface area (TPSA) is 83.8 Å². The van der Waals surface area contributed by atoms with Gasteiger partial charge in [-0.3, -0.25) is 0 Å². The van der Waals surface area contributed by atoms with Crippen LogP contribution < -0.4 is 4.74 Å². The van der Waals surface area contributed by atoms with Crippen LogP contribution in [0.2, 0.25) is 0 Å². The molecule has 2 aromatic rings. The molecular formula is C23H24O5. The average molecular weight is 380 g/mol. The van der Waals surface area contributed by atoms with Gasteiger partial charge < -0.3 is 14.9 Å². The van der Waals surface area contributed by atoms with E-state index in [9.17, 15) is 19.8 Å². The molecule has 0 saturated heterocycles. The van der Waals surface area contributed by atoms with Crippen molar-refractivity contribution >= 4 is 18.0 Å². The van der Waals surface area contributed by atoms with Crippen molar-refractivity contribution in [1.82, 2.24) is 0 Å². The minimum atomic E-state index is -1.17. The number of carboxylic acids is 2. The van der Waals surface area contributed by atoms with Gasteiger partial charge in [-0.2, -0.15) is 0 Å². The summed E-state index contributed by atoms with van der Waals surface area (Å²) in [6.07, 6.45) is 3.60. The van der Waals surface area contributed by atoms with E-state index in [2.05, 4.69) is 0 Å². The Morgan fingerprint density at radius 3 is 2.14 bits per heavy atom. The molecule has 5 nitrogen and oxygen atoms in total. The summed E-state index contributed by atoms with van der Waals surface area (Å²) in [4.78, 5) is 22.7. The van der Waals surface area contributed by atoms with Gasteiger partial charge >= 0.3 is 11.9 Å². The maximum atomic E-state index is 11.5. The van der Waals surface area contributed by atoms with Crippen LogP contribution in [0.4, 0.5) is 0 Å². The Morgan fingerprint density at radius 1 is 0.964 bits per heavy atom. The third kappa shape index (κ3) is 6.43. The maximum Gasteiger partial charge on any atom is 0.335 e. The van der Waals surface area contributed by atoms with Crippen molar-refractivity contribution in [3.8, 4) is 5.75 Å². The zero-order valence-corrected chi connectivity index (χ0v) is 16.0. The molecule has 0 unspecified atom stereocenters. The summed E-state index contributed by atoms with van der Waals surface area (Å²) in [5.74, 6) is -1.61. The lowest BCUT2D eigenvalue weighted by molar-refractivity contribution is -0.133. The smallest absolute Gasteiger partial charge is 0.335 e. The number of rotatable bonds is 9. The molecule has 0 bridgehead atoms. The second-order valence-electron chi connectivity index (χ2n) is 6.47. The first-order valence-corrected chi connectivity index (χ1v) is 9.06. The Labute approximate surface area is 164 Å². The fourth-order valence-electron chi connectivity index (χ4n) is 2.55. The van der Waals surface area contributed by atoms with E-state index in [1.165, 1.54) is 17.7 Å². The van der Waals surface area contributed by atoms with Crippen LogP contribution in [0.3, 0.4) is 0 Å². The molecule has 2 N–H and O–H groups in total. The monoisotopic (exact) mass is 380 g/mol. The van der Waals surface area contributed by atoms with Crippen LogP contribution in [0.25, 0.3) is 6.08 Å². The Bertz CT molecular complexity index is 874. The standard InChI is InChI=1S/C23H24O5/c1-3-4-19(22(24)25)14-20(23(26)27)13-17-9-11-21(12-10-17)28-15-18-7-5-16(2)6-8-18/h5-14H,3-4,15H2,1-2H3,(H,24,25)(H,26,27). The third-order valence-corrected chi connectivity index (χ3v) is 4.10. The van der Waals surface area contributed by atoms with Gasteiger partial charge in [0.2, 0.25) is 0 Å². The summed E-state index contributed by atoms with van der Waals surface area (Å²) in [6.45, 7) is 4.31. The second-order valence-corrected chi connectivity index (χ2v) is 6.47. The number of aliphatic carboxylic acids is 2. The minimum Gasteiger partial charge on any atom is -0.489 e. The number of ether oxygens (including phenoxy) is 1. The molecular weight excluding hydrogens is 356 g/mol. The van der Waals surface area contributed by atoms with Gasteiger partial charge in [0.05, 0.1) is 5.57 Å². The quantitative estimate of drug-likeness (QED) is 0.480. The van der Waals surface area contributed by atoms with E-state index in [-0.39, 0.29) is 11.1 Å². The summed E-state index contributed by atoms with van der Waals surface area (Å²) in [5, 5.41) is 18.6. The van der Waals surface area contributed by atoms with Gasteiger partial charge in [0, 0.05) is 5.57 Å². The highest BCUT2D eigenvalue weighted by molar-refractivity contribution is 5.98. The van der Waals surface area contributed by atoms with E-state index in [1.807, 2.05) is 38.1 Å². The van der Waals surface area contributed by atoms with E-state index in [0.29, 0.717) is 30.8 Å². The number of carbonyl (C=O) groups is 2. The van der Waals surface area contributed by atoms with Gasteiger partial charge in [-0.1, -0.05) is 55.3 Å². The molecule has 0 saturated carbocycles. The Balaban J connectivity index is 2.13. The number of aryl methyl sites for hydroxylation is 1. The molecule has 0 aromatic heterocycles. The van der Waals surface area contributed by atoms with E-state index in [1.54, 1.807) is 24.3 Å². The normalized spacial score (nSPS) is 11.9. The van der Waals surface area contributed by atoms with E-state index < -0.39 is 11.9 Å². The predicted molar refractivity (Wildman–Crippen MR) is 108 cm³/mol. The van der Waals surface area contributed by atoms with Crippen molar-refractivity contribution in [3.05, 3.63) is 82.4 Å². The van der Waals surface area contributed by atoms with Crippen LogP contribution in [0.5, 0.6) is 5.75 Å². The minimum absolute atomic E-state index is 0.0702. The van der Waals surface area contributed by atoms with Crippen LogP contribution >= 0.6 is 0 Å². The first-order chi connectivity index (χ1) is 13.4. The molecule has 5 heteroatoms. The Morgan fingerprint density at radius 2 is 1.61 bits per heavy atom. The summed E-state index contributed by atoms with van der Waals surface area (Å²) in [7, 11) is 0. The molecule has 0 aliphatic heterocycles. The van der Waals surface area contributed by atoms with Crippen LogP contribution in [0, 0.1) is 6.92 Å². The molecule has 0 radical (unpaired) electrons. The lowest BCUT2D eigenvalue weighted by Gasteiger charge is -2.07. The van der Waals surface area contributed by atoms with Crippen LogP contribution in [0.15, 0.2) is 65.8 Å². The molecule has 0 amide bonds. The Hall–Kier alpha value is -3.34. The number of hydrogen-bond acceptors (Lipinski definition) is 3. The summed E-state index contributed by atoms with van der Waals surface area (Å²) in [5.41, 5.74) is 2.91. The van der Waals surface area contributed by atoms with Gasteiger partial charge in [0.25, 0.3) is 0 Å². The molecule has 2 aromatic carbocycles. The first-order valence-electron chi connectivity index (χ1n) is 9.06. The number of carboxylic acid groups (broad SMARTS) is 2. The highest BCUT2D eigenvalue weighted by atomic mass is 16.5. The summed E-state index contributed by atoms with van der Waals surface area (Å²) < 4.78 is 5.74. The molecule has 0 atom stereocenters. The lowest BCUT2D eigenvalue weighted by atomic mass is 10.0. The first kappa shape index (κ1) is 21.0. The highest BCUT2D eigenvalue weighted by Crippen LogP contribution is 2.18. The fourth-order valence-corrected chi connectivity index (χ4v) is 2.55. The van der Waals surface area contributed by atoms with Gasteiger partial charge in [-0.25, -0.2) is 9.59 Å². The van der Waals surface area contributed by atoms with Crippen molar-refractivity contribution in [2.45, 2.75) is 33.3 Å². The highest BCUT2D eigenvalue weighted by Gasteiger charge is 2.11. The van der Waals surface area contributed by atoms with Crippen LogP contribution in [0.1, 0.15) is 36.5 Å². The zero-order chi connectivity index (χ0) is 20.5. The average Bonchev–Trinajstić information content (AvgIpc) is 2.67. The predicted octanol–water partition coefficient (Wildman–Crippen LogP) is 4.85. The molecule has 0 heterocycles. The molecule has 0 spiro atoms. The lowest BCUT2D eigenvalue weighted by Crippen LogP contribution is -2.05. The fraction of sp³-hybridized carbons (Fsp3) is 0.217. The van der Waals surface area contributed by atoms with Crippen LogP contribution in [-0.2, 0) is 16.2 Å². The Kier molecular flexibility index (Phi) is 7.57. The van der Waals surface area contributed by atoms with Crippen molar-refractivity contribution < 1.29 is 24.5 Å². The maximum absolute atomic E-state index is 11.5. The second kappa shape index (κ2) is 10.1. The van der Waals surface area contributed by atoms with Gasteiger partial charge in [-0.15, -0.1) is 0 Å². The molecule has 0 aliphatic rings. The summed E-state index contributed by atoms with van der Waals surface area (Å²) in [6, 6.07) is 15.1. The van der Waals surface area contributed by atoms with Crippen molar-refractivity contribution in [1.29, 1.82) is 0 Å². The number of benzene rings is 2. The van der Waals surface area contributed by atoms with E-state index in [4.69, 9.17) is 4.74 Å². The van der Waals surface area contributed by atoms with Gasteiger partial charge in [0.1, 0.15) is 12.4 Å². The molecule has 146 valence electrons. The molecule has 28 heavy (non-hydrogen) atoms. The zero-order valence-electron chi connectivity index (χ0n) is 16.0. The summed E-state index contributed by atoms with van der Waals surface area (Å²) >= 11 is 0. The van der Waals surface area contributed by atoms with Crippen molar-refractivity contribution in [2.75, 3.05) is 0 Å². The van der Waals surface area contributed by atoms with Crippen molar-refractivity contribution in [2.24, 2.45) is 0 Å². The molecule has 2 rings (SSSR count). The SMILES string of the molecule is CCCC(=CC(=Cc1ccc(OCc2ccc(C)cc2)cc1)C(=O)O)C(=O)O. The largest absolute Gasteiger partial charge is 0.489 e. The van der Waals surface area contributed by atoms with E-state index in [0.717, 1.165) is 5.56 Å². The van der Waals surface area contributed by atoms with Crippen molar-refractivity contribution in [3.63, 3.8) is 0 Å².